The number of hydrogen-bond acceptors (Lipinski definition) is 4. The number of imidazole rings is 1. The number of phenols is 1. The zero-order valence-corrected chi connectivity index (χ0v) is 14.3. The van der Waals surface area contributed by atoms with Gasteiger partial charge in [0.1, 0.15) is 23.0 Å². The minimum atomic E-state index is -0.182. The Morgan fingerprint density at radius 2 is 1.92 bits per heavy atom. The van der Waals surface area contributed by atoms with E-state index in [1.807, 2.05) is 24.3 Å². The molecule has 2 heterocycles. The molecule has 132 valence electrons. The molecule has 1 aromatic heterocycles. The van der Waals surface area contributed by atoms with Gasteiger partial charge in [-0.05, 0) is 42.3 Å². The number of hydrogen-bond donors (Lipinski definition) is 3. The van der Waals surface area contributed by atoms with Crippen molar-refractivity contribution in [3.8, 4) is 22.9 Å². The number of aromatic amines is 1. The van der Waals surface area contributed by atoms with Crippen molar-refractivity contribution in [3.63, 3.8) is 0 Å². The molecule has 1 aliphatic heterocycles. The molecule has 0 bridgehead atoms. The first kappa shape index (κ1) is 16.2. The number of aromatic hydroxyl groups is 1. The van der Waals surface area contributed by atoms with E-state index in [9.17, 15) is 9.90 Å². The first-order valence-corrected chi connectivity index (χ1v) is 8.45. The number of aromatic nitrogens is 2. The Bertz CT molecular complexity index is 947. The Hall–Kier alpha value is -3.28. The van der Waals surface area contributed by atoms with Gasteiger partial charge in [0.25, 0.3) is 5.91 Å². The molecule has 1 atom stereocenters. The van der Waals surface area contributed by atoms with Crippen LogP contribution in [0.2, 0.25) is 0 Å². The molecular formula is C20H19N3O3. The molecule has 0 aliphatic carbocycles. The lowest BCUT2D eigenvalue weighted by Gasteiger charge is -2.17. The molecule has 6 heteroatoms. The Morgan fingerprint density at radius 3 is 2.69 bits per heavy atom. The van der Waals surface area contributed by atoms with Crippen LogP contribution in [-0.2, 0) is 6.42 Å². The van der Waals surface area contributed by atoms with Gasteiger partial charge in [0.15, 0.2) is 0 Å². The Labute approximate surface area is 150 Å². The van der Waals surface area contributed by atoms with Crippen molar-refractivity contribution in [3.05, 3.63) is 65.5 Å². The lowest BCUT2D eigenvalue weighted by Crippen LogP contribution is -2.26. The monoisotopic (exact) mass is 349 g/mol. The summed E-state index contributed by atoms with van der Waals surface area (Å²) >= 11 is 0. The number of nitrogens with one attached hydrogen (secondary N) is 2. The van der Waals surface area contributed by atoms with Crippen LogP contribution in [-0.4, -0.2) is 34.6 Å². The van der Waals surface area contributed by atoms with Crippen molar-refractivity contribution in [2.75, 3.05) is 13.7 Å². The molecule has 1 aliphatic rings. The molecule has 0 spiro atoms. The van der Waals surface area contributed by atoms with E-state index < -0.39 is 0 Å². The number of para-hydroxylation sites is 1. The summed E-state index contributed by atoms with van der Waals surface area (Å²) in [6.45, 7) is 0.526. The lowest BCUT2D eigenvalue weighted by atomic mass is 9.93. The number of methoxy groups -OCH3 is 1. The van der Waals surface area contributed by atoms with Crippen molar-refractivity contribution in [2.24, 2.45) is 0 Å². The molecule has 2 aromatic carbocycles. The highest BCUT2D eigenvalue weighted by Crippen LogP contribution is 2.31. The largest absolute Gasteiger partial charge is 0.508 e. The summed E-state index contributed by atoms with van der Waals surface area (Å²) in [5.41, 5.74) is 3.10. The van der Waals surface area contributed by atoms with Crippen molar-refractivity contribution >= 4 is 5.91 Å². The zero-order chi connectivity index (χ0) is 18.1. The predicted molar refractivity (Wildman–Crippen MR) is 97.5 cm³/mol. The van der Waals surface area contributed by atoms with E-state index in [0.717, 1.165) is 22.6 Å². The van der Waals surface area contributed by atoms with Crippen LogP contribution in [0.3, 0.4) is 0 Å². The Morgan fingerprint density at radius 1 is 1.15 bits per heavy atom. The number of benzene rings is 2. The van der Waals surface area contributed by atoms with E-state index in [1.54, 1.807) is 31.4 Å². The highest BCUT2D eigenvalue weighted by atomic mass is 16.5. The maximum absolute atomic E-state index is 12.5. The lowest BCUT2D eigenvalue weighted by molar-refractivity contribution is 0.0950. The summed E-state index contributed by atoms with van der Waals surface area (Å²) < 4.78 is 5.48. The molecule has 0 saturated carbocycles. The number of H-pyrrole nitrogens is 1. The van der Waals surface area contributed by atoms with E-state index in [4.69, 9.17) is 4.74 Å². The molecule has 3 N–H and O–H groups in total. The molecular weight excluding hydrogens is 330 g/mol. The third-order valence-electron chi connectivity index (χ3n) is 4.67. The van der Waals surface area contributed by atoms with Gasteiger partial charge < -0.3 is 20.1 Å². The van der Waals surface area contributed by atoms with E-state index in [1.165, 1.54) is 0 Å². The smallest absolute Gasteiger partial charge is 0.271 e. The molecule has 6 nitrogen and oxygen atoms in total. The standard InChI is InChI=1S/C20H19N3O3/c1-26-17-5-3-2-4-15(17)13-10-16-18(20(25)21-11-13)23-19(22-16)12-6-8-14(24)9-7-12/h2-9,13,24H,10-11H2,1H3,(H,21,25)(H,22,23). The van der Waals surface area contributed by atoms with Crippen LogP contribution in [0.25, 0.3) is 11.4 Å². The van der Waals surface area contributed by atoms with Crippen LogP contribution in [0, 0.1) is 0 Å². The fraction of sp³-hybridized carbons (Fsp3) is 0.200. The van der Waals surface area contributed by atoms with E-state index >= 15 is 0 Å². The van der Waals surface area contributed by atoms with E-state index in [2.05, 4.69) is 15.3 Å². The molecule has 1 unspecified atom stereocenters. The summed E-state index contributed by atoms with van der Waals surface area (Å²) in [4.78, 5) is 20.2. The van der Waals surface area contributed by atoms with Crippen LogP contribution in [0.1, 0.15) is 27.7 Å². The molecule has 4 rings (SSSR count). The van der Waals surface area contributed by atoms with Gasteiger partial charge in [-0.15, -0.1) is 0 Å². The van der Waals surface area contributed by atoms with Gasteiger partial charge in [-0.1, -0.05) is 18.2 Å². The number of nitrogens with zero attached hydrogens (tertiary/aromatic N) is 1. The van der Waals surface area contributed by atoms with Crippen LogP contribution >= 0.6 is 0 Å². The maximum Gasteiger partial charge on any atom is 0.271 e. The second-order valence-corrected chi connectivity index (χ2v) is 6.31. The highest BCUT2D eigenvalue weighted by molar-refractivity contribution is 5.94. The first-order valence-electron chi connectivity index (χ1n) is 8.45. The topological polar surface area (TPSA) is 87.2 Å². The minimum absolute atomic E-state index is 0.0875. The molecule has 1 amide bonds. The van der Waals surface area contributed by atoms with Crippen LogP contribution in [0.5, 0.6) is 11.5 Å². The van der Waals surface area contributed by atoms with Crippen LogP contribution in [0.15, 0.2) is 48.5 Å². The first-order chi connectivity index (χ1) is 12.7. The van der Waals surface area contributed by atoms with Crippen molar-refractivity contribution in [1.29, 1.82) is 0 Å². The van der Waals surface area contributed by atoms with Crippen molar-refractivity contribution in [2.45, 2.75) is 12.3 Å². The van der Waals surface area contributed by atoms with Crippen molar-refractivity contribution < 1.29 is 14.6 Å². The summed E-state index contributed by atoms with van der Waals surface area (Å²) in [5.74, 6) is 1.53. The van der Waals surface area contributed by atoms with Crippen LogP contribution in [0.4, 0.5) is 0 Å². The van der Waals surface area contributed by atoms with Gasteiger partial charge in [0.2, 0.25) is 0 Å². The fourth-order valence-corrected chi connectivity index (χ4v) is 3.34. The molecule has 26 heavy (non-hydrogen) atoms. The van der Waals surface area contributed by atoms with Crippen molar-refractivity contribution in [1.82, 2.24) is 15.3 Å². The average molecular weight is 349 g/mol. The normalized spacial score (nSPS) is 16.5. The predicted octanol–water partition coefficient (Wildman–Crippen LogP) is 2.86. The second kappa shape index (κ2) is 6.55. The van der Waals surface area contributed by atoms with Gasteiger partial charge >= 0.3 is 0 Å². The molecule has 0 saturated heterocycles. The Balaban J connectivity index is 1.71. The highest BCUT2D eigenvalue weighted by Gasteiger charge is 2.27. The van der Waals surface area contributed by atoms with Gasteiger partial charge in [0.05, 0.1) is 7.11 Å². The number of rotatable bonds is 3. The number of amides is 1. The minimum Gasteiger partial charge on any atom is -0.508 e. The summed E-state index contributed by atoms with van der Waals surface area (Å²) in [6.07, 6.45) is 0.652. The molecule has 3 aromatic rings. The molecule has 0 radical (unpaired) electrons. The van der Waals surface area contributed by atoms with Gasteiger partial charge in [0, 0.05) is 23.7 Å². The third kappa shape index (κ3) is 2.90. The second-order valence-electron chi connectivity index (χ2n) is 6.31. The number of carbonyl (C=O) groups is 1. The fourth-order valence-electron chi connectivity index (χ4n) is 3.34. The quantitative estimate of drug-likeness (QED) is 0.678. The number of fused-ring (bicyclic) bond motifs is 1. The summed E-state index contributed by atoms with van der Waals surface area (Å²) in [6, 6.07) is 14.6. The summed E-state index contributed by atoms with van der Waals surface area (Å²) in [5, 5.41) is 12.4. The number of carbonyl (C=O) groups excluding carboxylic acids is 1. The van der Waals surface area contributed by atoms with Crippen LogP contribution < -0.4 is 10.1 Å². The van der Waals surface area contributed by atoms with Gasteiger partial charge in [-0.2, -0.15) is 0 Å². The molecule has 0 fully saturated rings. The SMILES string of the molecule is COc1ccccc1C1CNC(=O)c2nc(-c3ccc(O)cc3)[nH]c2C1. The number of phenolic OH excluding ortho intramolecular Hbond substituents is 1. The van der Waals surface area contributed by atoms with Gasteiger partial charge in [-0.25, -0.2) is 4.98 Å². The Kier molecular flexibility index (Phi) is 4.08. The van der Waals surface area contributed by atoms with Gasteiger partial charge in [-0.3, -0.25) is 4.79 Å². The maximum atomic E-state index is 12.5. The third-order valence-corrected chi connectivity index (χ3v) is 4.67. The number of ether oxygens (including phenoxy) is 1. The van der Waals surface area contributed by atoms with E-state index in [-0.39, 0.29) is 17.6 Å². The van der Waals surface area contributed by atoms with E-state index in [0.29, 0.717) is 24.5 Å². The summed E-state index contributed by atoms with van der Waals surface area (Å²) in [7, 11) is 1.65. The zero-order valence-electron chi connectivity index (χ0n) is 14.3. The average Bonchev–Trinajstić information content (AvgIpc) is 3.03.